The van der Waals surface area contributed by atoms with Crippen molar-refractivity contribution in [3.8, 4) is 0 Å². The summed E-state index contributed by atoms with van der Waals surface area (Å²) in [6.45, 7) is 6.62. The minimum absolute atomic E-state index is 0.560. The highest BCUT2D eigenvalue weighted by Crippen LogP contribution is 2.21. The molecule has 3 nitrogen and oxygen atoms in total. The normalized spacial score (nSPS) is 12.8. The van der Waals surface area contributed by atoms with Crippen LogP contribution >= 0.6 is 0 Å². The van der Waals surface area contributed by atoms with Gasteiger partial charge in [0, 0.05) is 19.8 Å². The summed E-state index contributed by atoms with van der Waals surface area (Å²) in [5.41, 5.74) is 2.75. The van der Waals surface area contributed by atoms with E-state index in [1.807, 2.05) is 17.9 Å². The Labute approximate surface area is 128 Å². The zero-order valence-corrected chi connectivity index (χ0v) is 13.4. The van der Waals surface area contributed by atoms with Gasteiger partial charge in [-0.1, -0.05) is 44.2 Å². The molecule has 0 saturated carbocycles. The lowest BCUT2D eigenvalue weighted by Gasteiger charge is -2.19. The number of hydrogen-bond donors (Lipinski definition) is 1. The lowest BCUT2D eigenvalue weighted by atomic mass is 9.93. The fraction of sp³-hybridized carbons (Fsp3) is 0.500. The monoisotopic (exact) mass is 285 g/mol. The fourth-order valence-electron chi connectivity index (χ4n) is 2.60. The molecule has 1 unspecified atom stereocenters. The van der Waals surface area contributed by atoms with E-state index in [0.717, 1.165) is 25.9 Å². The molecule has 0 radical (unpaired) electrons. The maximum Gasteiger partial charge on any atom is 0.0521 e. The molecule has 1 N–H and O–H groups in total. The van der Waals surface area contributed by atoms with Crippen LogP contribution < -0.4 is 5.32 Å². The molecule has 3 heteroatoms. The van der Waals surface area contributed by atoms with E-state index in [-0.39, 0.29) is 0 Å². The molecule has 2 rings (SSSR count). The molecule has 0 bridgehead atoms. The zero-order valence-electron chi connectivity index (χ0n) is 13.4. The number of benzene rings is 1. The van der Waals surface area contributed by atoms with Gasteiger partial charge >= 0.3 is 0 Å². The second-order valence-electron chi connectivity index (χ2n) is 6.22. The molecular formula is C18H27N3. The molecule has 1 heterocycles. The van der Waals surface area contributed by atoms with E-state index in [4.69, 9.17) is 0 Å². The molecule has 114 valence electrons. The molecular weight excluding hydrogens is 258 g/mol. The van der Waals surface area contributed by atoms with Crippen LogP contribution in [0.25, 0.3) is 0 Å². The van der Waals surface area contributed by atoms with E-state index < -0.39 is 0 Å². The van der Waals surface area contributed by atoms with Crippen molar-refractivity contribution >= 4 is 0 Å². The predicted octanol–water partition coefficient (Wildman–Crippen LogP) is 3.38. The van der Waals surface area contributed by atoms with Gasteiger partial charge in [0.1, 0.15) is 0 Å². The van der Waals surface area contributed by atoms with Gasteiger partial charge in [0.2, 0.25) is 0 Å². The van der Waals surface area contributed by atoms with Gasteiger partial charge < -0.3 is 5.32 Å². The summed E-state index contributed by atoms with van der Waals surface area (Å²) in [6.07, 6.45) is 6.32. The predicted molar refractivity (Wildman–Crippen MR) is 88.4 cm³/mol. The van der Waals surface area contributed by atoms with E-state index in [1.54, 1.807) is 0 Å². The zero-order chi connectivity index (χ0) is 15.1. The van der Waals surface area contributed by atoms with Crippen LogP contribution in [0, 0.1) is 5.92 Å². The standard InChI is InChI=1S/C18H27N3/c1-15(2)11-19-13-18(17-7-5-4-6-8-17)10-9-16-12-20-21(3)14-16/h4-8,12,14-15,18-19H,9-11,13H2,1-3H3. The van der Waals surface area contributed by atoms with Crippen LogP contribution in [0.4, 0.5) is 0 Å². The lowest BCUT2D eigenvalue weighted by molar-refractivity contribution is 0.500. The first-order valence-corrected chi connectivity index (χ1v) is 7.88. The summed E-state index contributed by atoms with van der Waals surface area (Å²) >= 11 is 0. The molecule has 0 aliphatic carbocycles. The average molecular weight is 285 g/mol. The minimum atomic E-state index is 0.560. The maximum absolute atomic E-state index is 4.25. The Morgan fingerprint density at radius 3 is 2.52 bits per heavy atom. The number of aryl methyl sites for hydroxylation is 2. The Hall–Kier alpha value is -1.61. The quantitative estimate of drug-likeness (QED) is 0.806. The molecule has 1 aromatic carbocycles. The van der Waals surface area contributed by atoms with Crippen LogP contribution in [-0.4, -0.2) is 22.9 Å². The molecule has 0 fully saturated rings. The molecule has 0 spiro atoms. The van der Waals surface area contributed by atoms with Crippen LogP contribution in [0.2, 0.25) is 0 Å². The van der Waals surface area contributed by atoms with Crippen LogP contribution in [0.5, 0.6) is 0 Å². The largest absolute Gasteiger partial charge is 0.316 e. The summed E-state index contributed by atoms with van der Waals surface area (Å²) < 4.78 is 1.88. The first-order valence-electron chi connectivity index (χ1n) is 7.88. The second-order valence-corrected chi connectivity index (χ2v) is 6.22. The highest BCUT2D eigenvalue weighted by molar-refractivity contribution is 5.20. The summed E-state index contributed by atoms with van der Waals surface area (Å²) in [5, 5.41) is 7.86. The fourth-order valence-corrected chi connectivity index (χ4v) is 2.60. The summed E-state index contributed by atoms with van der Waals surface area (Å²) in [7, 11) is 1.97. The van der Waals surface area contributed by atoms with E-state index >= 15 is 0 Å². The molecule has 0 aliphatic rings. The Kier molecular flexibility index (Phi) is 6.00. The molecule has 1 aromatic heterocycles. The van der Waals surface area contributed by atoms with Crippen molar-refractivity contribution < 1.29 is 0 Å². The first kappa shape index (κ1) is 15.8. The van der Waals surface area contributed by atoms with Crippen LogP contribution in [0.3, 0.4) is 0 Å². The van der Waals surface area contributed by atoms with Crippen LogP contribution in [0.1, 0.15) is 37.3 Å². The Bertz CT molecular complexity index is 516. The molecule has 0 aliphatic heterocycles. The number of rotatable bonds is 8. The highest BCUT2D eigenvalue weighted by Gasteiger charge is 2.12. The van der Waals surface area contributed by atoms with E-state index in [0.29, 0.717) is 11.8 Å². The maximum atomic E-state index is 4.25. The third-order valence-corrected chi connectivity index (χ3v) is 3.75. The van der Waals surface area contributed by atoms with Crippen molar-refractivity contribution in [2.24, 2.45) is 13.0 Å². The molecule has 1 atom stereocenters. The average Bonchev–Trinajstić information content (AvgIpc) is 2.89. The van der Waals surface area contributed by atoms with Crippen molar-refractivity contribution in [1.82, 2.24) is 15.1 Å². The van der Waals surface area contributed by atoms with Crippen molar-refractivity contribution in [3.05, 3.63) is 53.9 Å². The van der Waals surface area contributed by atoms with Crippen molar-refractivity contribution in [1.29, 1.82) is 0 Å². The van der Waals surface area contributed by atoms with Crippen LogP contribution in [0.15, 0.2) is 42.7 Å². The first-order chi connectivity index (χ1) is 10.1. The third-order valence-electron chi connectivity index (χ3n) is 3.75. The van der Waals surface area contributed by atoms with Gasteiger partial charge in [0.15, 0.2) is 0 Å². The number of nitrogens with zero attached hydrogens (tertiary/aromatic N) is 2. The summed E-state index contributed by atoms with van der Waals surface area (Å²) in [4.78, 5) is 0. The smallest absolute Gasteiger partial charge is 0.0521 e. The van der Waals surface area contributed by atoms with Gasteiger partial charge in [-0.05, 0) is 42.3 Å². The SMILES string of the molecule is CC(C)CNCC(CCc1cnn(C)c1)c1ccccc1. The highest BCUT2D eigenvalue weighted by atomic mass is 15.2. The number of hydrogen-bond acceptors (Lipinski definition) is 2. The van der Waals surface area contributed by atoms with Gasteiger partial charge in [-0.15, -0.1) is 0 Å². The van der Waals surface area contributed by atoms with Gasteiger partial charge in [-0.25, -0.2) is 0 Å². The van der Waals surface area contributed by atoms with E-state index in [1.165, 1.54) is 11.1 Å². The minimum Gasteiger partial charge on any atom is -0.316 e. The molecule has 0 saturated heterocycles. The number of aromatic nitrogens is 2. The molecule has 21 heavy (non-hydrogen) atoms. The summed E-state index contributed by atoms with van der Waals surface area (Å²) in [6, 6.07) is 10.8. The summed E-state index contributed by atoms with van der Waals surface area (Å²) in [5.74, 6) is 1.25. The van der Waals surface area contributed by atoms with Crippen molar-refractivity contribution in [2.45, 2.75) is 32.6 Å². The Morgan fingerprint density at radius 1 is 1.14 bits per heavy atom. The third kappa shape index (κ3) is 5.35. The number of nitrogens with one attached hydrogen (secondary N) is 1. The lowest BCUT2D eigenvalue weighted by Crippen LogP contribution is -2.25. The Balaban J connectivity index is 1.94. The van der Waals surface area contributed by atoms with Crippen molar-refractivity contribution in [3.63, 3.8) is 0 Å². The van der Waals surface area contributed by atoms with Gasteiger partial charge in [-0.2, -0.15) is 5.10 Å². The van der Waals surface area contributed by atoms with Gasteiger partial charge in [0.25, 0.3) is 0 Å². The van der Waals surface area contributed by atoms with E-state index in [2.05, 4.69) is 60.8 Å². The van der Waals surface area contributed by atoms with Crippen LogP contribution in [-0.2, 0) is 13.5 Å². The molecule has 2 aromatic rings. The second kappa shape index (κ2) is 7.99. The van der Waals surface area contributed by atoms with Gasteiger partial charge in [-0.3, -0.25) is 4.68 Å². The van der Waals surface area contributed by atoms with E-state index in [9.17, 15) is 0 Å². The van der Waals surface area contributed by atoms with Gasteiger partial charge in [0.05, 0.1) is 6.20 Å². The topological polar surface area (TPSA) is 29.9 Å². The van der Waals surface area contributed by atoms with Crippen molar-refractivity contribution in [2.75, 3.05) is 13.1 Å². The molecule has 0 amide bonds. The Morgan fingerprint density at radius 2 is 1.90 bits per heavy atom.